The third kappa shape index (κ3) is 3.97. The molecule has 0 bridgehead atoms. The summed E-state index contributed by atoms with van der Waals surface area (Å²) in [7, 11) is 0. The Bertz CT molecular complexity index is 1070. The van der Waals surface area contributed by atoms with E-state index in [1.807, 2.05) is 0 Å². The number of aryl methyl sites for hydroxylation is 1. The zero-order valence-corrected chi connectivity index (χ0v) is 16.8. The molecule has 0 fully saturated rings. The molecule has 2 aromatic heterocycles. The fourth-order valence-electron chi connectivity index (χ4n) is 2.46. The smallest absolute Gasteiger partial charge is 0.337 e. The van der Waals surface area contributed by atoms with Crippen molar-refractivity contribution in [3.05, 3.63) is 68.0 Å². The van der Waals surface area contributed by atoms with Crippen molar-refractivity contribution >= 4 is 56.7 Å². The molecular formula is C17H11BrCl2N4O3. The van der Waals surface area contributed by atoms with Crippen LogP contribution in [0.25, 0.3) is 5.82 Å². The number of carbonyl (C=O) groups excluding carboxylic acids is 1. The molecule has 0 aliphatic rings. The van der Waals surface area contributed by atoms with Crippen LogP contribution in [0, 0.1) is 6.92 Å². The highest BCUT2D eigenvalue weighted by Crippen LogP contribution is 2.27. The molecular weight excluding hydrogens is 459 g/mol. The molecule has 3 aromatic rings. The Labute approximate surface area is 172 Å². The van der Waals surface area contributed by atoms with Crippen LogP contribution in [0.15, 0.2) is 41.1 Å². The lowest BCUT2D eigenvalue weighted by atomic mass is 10.1. The molecule has 0 unspecified atom stereocenters. The molecule has 0 radical (unpaired) electrons. The van der Waals surface area contributed by atoms with E-state index in [9.17, 15) is 14.7 Å². The number of hydrogen-bond acceptors (Lipinski definition) is 4. The molecule has 0 saturated carbocycles. The Morgan fingerprint density at radius 3 is 2.67 bits per heavy atom. The van der Waals surface area contributed by atoms with Crippen molar-refractivity contribution in [2.45, 2.75) is 6.92 Å². The van der Waals surface area contributed by atoms with Crippen molar-refractivity contribution in [2.75, 3.05) is 5.32 Å². The van der Waals surface area contributed by atoms with E-state index in [1.54, 1.807) is 25.1 Å². The maximum Gasteiger partial charge on any atom is 0.337 e. The third-order valence-electron chi connectivity index (χ3n) is 3.62. The first kappa shape index (κ1) is 19.3. The number of carboxylic acids is 1. The summed E-state index contributed by atoms with van der Waals surface area (Å²) in [5, 5.41) is 16.8. The standard InChI is InChI=1S/C17H11BrCl2N4O3/c1-8-5-9(19)6-10(17(26)27)14(8)22-16(25)12-7-13(18)23-24(12)15-11(20)3-2-4-21-15/h2-7H,1H3,(H,22,25)(H,26,27). The molecule has 1 amide bonds. The van der Waals surface area contributed by atoms with Gasteiger partial charge in [-0.05, 0) is 52.7 Å². The highest BCUT2D eigenvalue weighted by Gasteiger charge is 2.22. The van der Waals surface area contributed by atoms with E-state index in [0.29, 0.717) is 15.2 Å². The van der Waals surface area contributed by atoms with Crippen LogP contribution in [0.5, 0.6) is 0 Å². The van der Waals surface area contributed by atoms with Gasteiger partial charge >= 0.3 is 5.97 Å². The first-order chi connectivity index (χ1) is 12.8. The summed E-state index contributed by atoms with van der Waals surface area (Å²) in [4.78, 5) is 28.5. The fraction of sp³-hybridized carbons (Fsp3) is 0.0588. The lowest BCUT2D eigenvalue weighted by Crippen LogP contribution is -2.20. The zero-order valence-electron chi connectivity index (χ0n) is 13.7. The summed E-state index contributed by atoms with van der Waals surface area (Å²) in [6.45, 7) is 1.65. The lowest BCUT2D eigenvalue weighted by molar-refractivity contribution is 0.0698. The normalized spacial score (nSPS) is 10.7. The first-order valence-electron chi connectivity index (χ1n) is 7.49. The van der Waals surface area contributed by atoms with Crippen molar-refractivity contribution in [3.8, 4) is 5.82 Å². The average molecular weight is 470 g/mol. The summed E-state index contributed by atoms with van der Waals surface area (Å²) in [6.07, 6.45) is 1.52. The van der Waals surface area contributed by atoms with Gasteiger partial charge in [-0.15, -0.1) is 0 Å². The van der Waals surface area contributed by atoms with Crippen LogP contribution in [0.2, 0.25) is 10.0 Å². The Morgan fingerprint density at radius 1 is 1.26 bits per heavy atom. The summed E-state index contributed by atoms with van der Waals surface area (Å²) >= 11 is 15.3. The van der Waals surface area contributed by atoms with Crippen molar-refractivity contribution in [2.24, 2.45) is 0 Å². The number of nitrogens with one attached hydrogen (secondary N) is 1. The van der Waals surface area contributed by atoms with E-state index < -0.39 is 11.9 Å². The molecule has 10 heteroatoms. The number of amides is 1. The van der Waals surface area contributed by atoms with E-state index >= 15 is 0 Å². The number of halogens is 3. The van der Waals surface area contributed by atoms with Crippen LogP contribution in [-0.2, 0) is 0 Å². The largest absolute Gasteiger partial charge is 0.478 e. The van der Waals surface area contributed by atoms with Crippen molar-refractivity contribution < 1.29 is 14.7 Å². The van der Waals surface area contributed by atoms with E-state index in [2.05, 4.69) is 31.3 Å². The molecule has 1 aromatic carbocycles. The molecule has 0 saturated heterocycles. The van der Waals surface area contributed by atoms with Crippen molar-refractivity contribution in [1.29, 1.82) is 0 Å². The molecule has 0 atom stereocenters. The molecule has 0 aliphatic heterocycles. The Balaban J connectivity index is 2.05. The number of aromatic nitrogens is 3. The van der Waals surface area contributed by atoms with E-state index in [0.717, 1.165) is 0 Å². The van der Waals surface area contributed by atoms with Gasteiger partial charge in [-0.3, -0.25) is 4.79 Å². The second kappa shape index (κ2) is 7.67. The van der Waals surface area contributed by atoms with Gasteiger partial charge in [0.2, 0.25) is 0 Å². The van der Waals surface area contributed by atoms with Gasteiger partial charge in [-0.2, -0.15) is 5.10 Å². The third-order valence-corrected chi connectivity index (χ3v) is 4.52. The van der Waals surface area contributed by atoms with Gasteiger partial charge in [-0.1, -0.05) is 23.2 Å². The van der Waals surface area contributed by atoms with Crippen molar-refractivity contribution in [1.82, 2.24) is 14.8 Å². The molecule has 27 heavy (non-hydrogen) atoms. The second-order valence-corrected chi connectivity index (χ2v) is 7.13. The first-order valence-corrected chi connectivity index (χ1v) is 9.04. The summed E-state index contributed by atoms with van der Waals surface area (Å²) in [5.74, 6) is -1.53. The van der Waals surface area contributed by atoms with Crippen molar-refractivity contribution in [3.63, 3.8) is 0 Å². The highest BCUT2D eigenvalue weighted by molar-refractivity contribution is 9.10. The predicted octanol–water partition coefficient (Wildman–Crippen LogP) is 4.60. The van der Waals surface area contributed by atoms with Crippen LogP contribution in [0.3, 0.4) is 0 Å². The van der Waals surface area contributed by atoms with E-state index in [4.69, 9.17) is 23.2 Å². The number of hydrogen-bond donors (Lipinski definition) is 2. The second-order valence-electron chi connectivity index (χ2n) is 5.48. The number of carboxylic acid groups (broad SMARTS) is 1. The average Bonchev–Trinajstić information content (AvgIpc) is 2.99. The minimum atomic E-state index is -1.21. The molecule has 0 spiro atoms. The summed E-state index contributed by atoms with van der Waals surface area (Å²) < 4.78 is 1.66. The molecule has 3 rings (SSSR count). The number of anilines is 1. The Morgan fingerprint density at radius 2 is 2.00 bits per heavy atom. The molecule has 138 valence electrons. The molecule has 7 nitrogen and oxygen atoms in total. The quantitative estimate of drug-likeness (QED) is 0.582. The summed E-state index contributed by atoms with van der Waals surface area (Å²) in [5.41, 5.74) is 0.657. The van der Waals surface area contributed by atoms with Crippen LogP contribution < -0.4 is 5.32 Å². The van der Waals surface area contributed by atoms with Gasteiger partial charge in [0.05, 0.1) is 16.3 Å². The summed E-state index contributed by atoms with van der Waals surface area (Å²) in [6, 6.07) is 7.58. The highest BCUT2D eigenvalue weighted by atomic mass is 79.9. The number of rotatable bonds is 4. The van der Waals surface area contributed by atoms with Gasteiger partial charge < -0.3 is 10.4 Å². The zero-order chi connectivity index (χ0) is 19.7. The van der Waals surface area contributed by atoms with Crippen LogP contribution in [0.4, 0.5) is 5.69 Å². The van der Waals surface area contributed by atoms with Gasteiger partial charge in [-0.25, -0.2) is 14.5 Å². The van der Waals surface area contributed by atoms with E-state index in [-0.39, 0.29) is 27.8 Å². The van der Waals surface area contributed by atoms with Gasteiger partial charge in [0, 0.05) is 17.3 Å². The maximum absolute atomic E-state index is 12.9. The number of aromatic carboxylic acids is 1. The predicted molar refractivity (Wildman–Crippen MR) is 105 cm³/mol. The van der Waals surface area contributed by atoms with Crippen LogP contribution in [-0.4, -0.2) is 31.7 Å². The Hall–Kier alpha value is -2.42. The molecule has 0 aliphatic carbocycles. The molecule has 2 heterocycles. The van der Waals surface area contributed by atoms with Gasteiger partial charge in [0.15, 0.2) is 5.82 Å². The van der Waals surface area contributed by atoms with Gasteiger partial charge in [0.25, 0.3) is 5.91 Å². The topological polar surface area (TPSA) is 97.1 Å². The Kier molecular flexibility index (Phi) is 5.50. The monoisotopic (exact) mass is 468 g/mol. The van der Waals surface area contributed by atoms with Crippen LogP contribution in [0.1, 0.15) is 26.4 Å². The fourth-order valence-corrected chi connectivity index (χ4v) is 3.31. The minimum absolute atomic E-state index is 0.116. The minimum Gasteiger partial charge on any atom is -0.478 e. The number of pyridine rings is 1. The van der Waals surface area contributed by atoms with E-state index in [1.165, 1.54) is 23.0 Å². The number of benzene rings is 1. The van der Waals surface area contributed by atoms with Gasteiger partial charge in [0.1, 0.15) is 10.3 Å². The van der Waals surface area contributed by atoms with Crippen LogP contribution >= 0.6 is 39.1 Å². The number of nitrogens with zero attached hydrogens (tertiary/aromatic N) is 3. The maximum atomic E-state index is 12.9. The number of carbonyl (C=O) groups is 2. The SMILES string of the molecule is Cc1cc(Cl)cc(C(=O)O)c1NC(=O)c1cc(Br)nn1-c1ncccc1Cl. The lowest BCUT2D eigenvalue weighted by Gasteiger charge is -2.13. The molecule has 2 N–H and O–H groups in total.